The van der Waals surface area contributed by atoms with Crippen molar-refractivity contribution in [2.75, 3.05) is 6.61 Å². The number of hydrogen-bond donors (Lipinski definition) is 2. The van der Waals surface area contributed by atoms with Crippen LogP contribution in [0.15, 0.2) is 18.2 Å². The Morgan fingerprint density at radius 3 is 2.53 bits per heavy atom. The molecule has 80 valence electrons. The number of esters is 1. The number of aromatic carboxylic acids is 1. The number of phenols is 1. The zero-order valence-electron chi connectivity index (χ0n) is 8.06. The van der Waals surface area contributed by atoms with Crippen LogP contribution in [0, 0.1) is 0 Å². The van der Waals surface area contributed by atoms with Crippen molar-refractivity contribution in [1.29, 1.82) is 0 Å². The average molecular weight is 210 g/mol. The number of benzene rings is 1. The van der Waals surface area contributed by atoms with Gasteiger partial charge in [-0.2, -0.15) is 0 Å². The minimum Gasteiger partial charge on any atom is -0.507 e. The summed E-state index contributed by atoms with van der Waals surface area (Å²) in [4.78, 5) is 21.7. The van der Waals surface area contributed by atoms with Gasteiger partial charge in [-0.15, -0.1) is 0 Å². The summed E-state index contributed by atoms with van der Waals surface area (Å²) in [5.74, 6) is -2.29. The maximum absolute atomic E-state index is 11.2. The molecular weight excluding hydrogens is 200 g/mol. The SMILES string of the molecule is CCOC(=O)c1ccc(C(=O)O)c(O)c1. The number of rotatable bonds is 3. The molecule has 1 aromatic carbocycles. The van der Waals surface area contributed by atoms with Crippen LogP contribution < -0.4 is 0 Å². The van der Waals surface area contributed by atoms with Crippen LogP contribution in [0.1, 0.15) is 27.6 Å². The monoisotopic (exact) mass is 210 g/mol. The Morgan fingerprint density at radius 1 is 1.40 bits per heavy atom. The summed E-state index contributed by atoms with van der Waals surface area (Å²) in [6.45, 7) is 1.88. The predicted molar refractivity (Wildman–Crippen MR) is 51.0 cm³/mol. The largest absolute Gasteiger partial charge is 0.507 e. The van der Waals surface area contributed by atoms with Crippen molar-refractivity contribution in [2.24, 2.45) is 0 Å². The topological polar surface area (TPSA) is 83.8 Å². The highest BCUT2D eigenvalue weighted by Crippen LogP contribution is 2.19. The molecule has 5 nitrogen and oxygen atoms in total. The lowest BCUT2D eigenvalue weighted by Gasteiger charge is -2.03. The molecule has 0 aliphatic rings. The van der Waals surface area contributed by atoms with Crippen molar-refractivity contribution < 1.29 is 24.5 Å². The highest BCUT2D eigenvalue weighted by molar-refractivity contribution is 5.95. The molecule has 0 aliphatic heterocycles. The molecule has 0 atom stereocenters. The van der Waals surface area contributed by atoms with E-state index in [1.807, 2.05) is 0 Å². The molecule has 0 aromatic heterocycles. The number of carboxylic acids is 1. The second kappa shape index (κ2) is 4.45. The van der Waals surface area contributed by atoms with E-state index in [-0.39, 0.29) is 17.7 Å². The summed E-state index contributed by atoms with van der Waals surface area (Å²) in [6, 6.07) is 3.52. The number of aromatic hydroxyl groups is 1. The lowest BCUT2D eigenvalue weighted by atomic mass is 10.1. The Bertz CT molecular complexity index is 397. The Labute approximate surface area is 85.9 Å². The van der Waals surface area contributed by atoms with Crippen LogP contribution in [-0.4, -0.2) is 28.8 Å². The van der Waals surface area contributed by atoms with Gasteiger partial charge in [0.25, 0.3) is 0 Å². The van der Waals surface area contributed by atoms with Gasteiger partial charge >= 0.3 is 11.9 Å². The first kappa shape index (κ1) is 11.0. The predicted octanol–water partition coefficient (Wildman–Crippen LogP) is 1.27. The molecule has 0 fully saturated rings. The summed E-state index contributed by atoms with van der Waals surface area (Å²) in [5.41, 5.74) is -0.123. The maximum Gasteiger partial charge on any atom is 0.339 e. The zero-order valence-corrected chi connectivity index (χ0v) is 8.06. The van der Waals surface area contributed by atoms with Crippen LogP contribution in [0.5, 0.6) is 5.75 Å². The van der Waals surface area contributed by atoms with Gasteiger partial charge in [-0.1, -0.05) is 0 Å². The maximum atomic E-state index is 11.2. The molecular formula is C10H10O5. The molecule has 0 amide bonds. The molecule has 0 aliphatic carbocycles. The van der Waals surface area contributed by atoms with Crippen molar-refractivity contribution >= 4 is 11.9 Å². The first-order chi connectivity index (χ1) is 7.06. The molecule has 0 spiro atoms. The van der Waals surface area contributed by atoms with E-state index in [2.05, 4.69) is 4.74 Å². The van der Waals surface area contributed by atoms with E-state index in [0.29, 0.717) is 0 Å². The van der Waals surface area contributed by atoms with Crippen molar-refractivity contribution in [3.8, 4) is 5.75 Å². The highest BCUT2D eigenvalue weighted by Gasteiger charge is 2.13. The van der Waals surface area contributed by atoms with Crippen LogP contribution in [0.25, 0.3) is 0 Å². The Kier molecular flexibility index (Phi) is 3.28. The second-order valence-corrected chi connectivity index (χ2v) is 2.76. The van der Waals surface area contributed by atoms with E-state index < -0.39 is 17.7 Å². The average Bonchev–Trinajstić information content (AvgIpc) is 2.17. The molecule has 0 saturated heterocycles. The lowest BCUT2D eigenvalue weighted by Crippen LogP contribution is -2.05. The van der Waals surface area contributed by atoms with Crippen LogP contribution in [0.2, 0.25) is 0 Å². The fourth-order valence-corrected chi connectivity index (χ4v) is 1.05. The van der Waals surface area contributed by atoms with Gasteiger partial charge in [-0.05, 0) is 25.1 Å². The molecule has 5 heteroatoms. The van der Waals surface area contributed by atoms with Gasteiger partial charge in [0.2, 0.25) is 0 Å². The van der Waals surface area contributed by atoms with Gasteiger partial charge in [0.1, 0.15) is 11.3 Å². The fraction of sp³-hybridized carbons (Fsp3) is 0.200. The van der Waals surface area contributed by atoms with Gasteiger partial charge in [0.05, 0.1) is 12.2 Å². The summed E-state index contributed by atoms with van der Waals surface area (Å²) < 4.78 is 4.69. The van der Waals surface area contributed by atoms with E-state index in [0.717, 1.165) is 12.1 Å². The van der Waals surface area contributed by atoms with E-state index in [1.165, 1.54) is 6.07 Å². The van der Waals surface area contributed by atoms with E-state index in [4.69, 9.17) is 5.11 Å². The minimum absolute atomic E-state index is 0.124. The third-order valence-corrected chi connectivity index (χ3v) is 1.74. The third kappa shape index (κ3) is 2.46. The third-order valence-electron chi connectivity index (χ3n) is 1.74. The number of carbonyl (C=O) groups is 2. The molecule has 0 bridgehead atoms. The molecule has 15 heavy (non-hydrogen) atoms. The van der Waals surface area contributed by atoms with Crippen LogP contribution in [0.4, 0.5) is 0 Å². The van der Waals surface area contributed by atoms with Gasteiger partial charge in [0.15, 0.2) is 0 Å². The highest BCUT2D eigenvalue weighted by atomic mass is 16.5. The molecule has 0 saturated carbocycles. The van der Waals surface area contributed by atoms with E-state index in [1.54, 1.807) is 6.92 Å². The fourth-order valence-electron chi connectivity index (χ4n) is 1.05. The standard InChI is InChI=1S/C10H10O5/c1-2-15-10(14)6-3-4-7(9(12)13)8(11)5-6/h3-5,11H,2H2,1H3,(H,12,13). The minimum atomic E-state index is -1.25. The Morgan fingerprint density at radius 2 is 2.07 bits per heavy atom. The number of carboxylic acid groups (broad SMARTS) is 1. The van der Waals surface area contributed by atoms with Crippen molar-refractivity contribution in [1.82, 2.24) is 0 Å². The second-order valence-electron chi connectivity index (χ2n) is 2.76. The van der Waals surface area contributed by atoms with Crippen LogP contribution in [-0.2, 0) is 4.74 Å². The van der Waals surface area contributed by atoms with E-state index >= 15 is 0 Å². The molecule has 1 rings (SSSR count). The van der Waals surface area contributed by atoms with Crippen LogP contribution >= 0.6 is 0 Å². The number of hydrogen-bond acceptors (Lipinski definition) is 4. The smallest absolute Gasteiger partial charge is 0.339 e. The molecule has 1 aromatic rings. The normalized spacial score (nSPS) is 9.67. The van der Waals surface area contributed by atoms with Gasteiger partial charge in [-0.25, -0.2) is 9.59 Å². The first-order valence-corrected chi connectivity index (χ1v) is 4.29. The molecule has 0 radical (unpaired) electrons. The summed E-state index contributed by atoms with van der Waals surface area (Å²) in [7, 11) is 0. The van der Waals surface area contributed by atoms with Gasteiger partial charge in [0, 0.05) is 0 Å². The summed E-state index contributed by atoms with van der Waals surface area (Å²) >= 11 is 0. The first-order valence-electron chi connectivity index (χ1n) is 4.29. The lowest BCUT2D eigenvalue weighted by molar-refractivity contribution is 0.0524. The van der Waals surface area contributed by atoms with Gasteiger partial charge < -0.3 is 14.9 Å². The van der Waals surface area contributed by atoms with Crippen molar-refractivity contribution in [2.45, 2.75) is 6.92 Å². The van der Waals surface area contributed by atoms with Gasteiger partial charge in [-0.3, -0.25) is 0 Å². The molecule has 0 heterocycles. The quantitative estimate of drug-likeness (QED) is 0.734. The Hall–Kier alpha value is -2.04. The number of ether oxygens (including phenoxy) is 1. The van der Waals surface area contributed by atoms with E-state index in [9.17, 15) is 14.7 Å². The van der Waals surface area contributed by atoms with Crippen LogP contribution in [0.3, 0.4) is 0 Å². The Balaban J connectivity index is 3.01. The molecule has 2 N–H and O–H groups in total. The number of carbonyl (C=O) groups excluding carboxylic acids is 1. The summed E-state index contributed by atoms with van der Waals surface area (Å²) in [5, 5.41) is 17.9. The zero-order chi connectivity index (χ0) is 11.4. The summed E-state index contributed by atoms with van der Waals surface area (Å²) in [6.07, 6.45) is 0. The van der Waals surface area contributed by atoms with Crippen molar-refractivity contribution in [3.05, 3.63) is 29.3 Å². The molecule has 0 unspecified atom stereocenters. The van der Waals surface area contributed by atoms with Crippen molar-refractivity contribution in [3.63, 3.8) is 0 Å².